The van der Waals surface area contributed by atoms with Crippen molar-refractivity contribution >= 4 is 18.2 Å². The number of aromatic nitrogens is 2. The molecule has 0 saturated carbocycles. The Kier molecular flexibility index (Phi) is 12.3. The van der Waals surface area contributed by atoms with Crippen molar-refractivity contribution in [3.8, 4) is 0 Å². The molecule has 2 heterocycles. The highest BCUT2D eigenvalue weighted by Crippen LogP contribution is 2.29. The van der Waals surface area contributed by atoms with Crippen LogP contribution in [0.15, 0.2) is 78.9 Å². The molecule has 10 heteroatoms. The molecule has 1 aromatic heterocycles. The summed E-state index contributed by atoms with van der Waals surface area (Å²) in [5, 5.41) is 12.3. The molecule has 1 fully saturated rings. The van der Waals surface area contributed by atoms with E-state index < -0.39 is 11.7 Å². The van der Waals surface area contributed by atoms with Gasteiger partial charge in [0.25, 0.3) is 0 Å². The van der Waals surface area contributed by atoms with E-state index in [1.807, 2.05) is 6.92 Å². The molecule has 0 amide bonds. The Morgan fingerprint density at radius 3 is 2.76 bits per heavy atom. The van der Waals surface area contributed by atoms with E-state index in [9.17, 15) is 18.0 Å². The van der Waals surface area contributed by atoms with Gasteiger partial charge in [-0.1, -0.05) is 43.0 Å². The van der Waals surface area contributed by atoms with Crippen LogP contribution in [0.2, 0.25) is 0 Å². The molecule has 1 aliphatic rings. The second-order valence-electron chi connectivity index (χ2n) is 9.76. The fourth-order valence-corrected chi connectivity index (χ4v) is 4.40. The van der Waals surface area contributed by atoms with Crippen LogP contribution in [-0.2, 0) is 26.9 Å². The van der Waals surface area contributed by atoms with E-state index >= 15 is 0 Å². The smallest absolute Gasteiger partial charge is 0.416 e. The lowest BCUT2D eigenvalue weighted by Crippen LogP contribution is -2.37. The third kappa shape index (κ3) is 10.3. The number of morpholine rings is 1. The molecule has 1 unspecified atom stereocenters. The quantitative estimate of drug-likeness (QED) is 0.0703. The zero-order chi connectivity index (χ0) is 29.7. The Balaban J connectivity index is 1.56. The van der Waals surface area contributed by atoms with Crippen LogP contribution in [0.3, 0.4) is 0 Å². The first-order valence-corrected chi connectivity index (χ1v) is 13.5. The average molecular weight is 571 g/mol. The van der Waals surface area contributed by atoms with Gasteiger partial charge in [-0.05, 0) is 42.5 Å². The Hall–Kier alpha value is -3.76. The number of hydrogen-bond acceptors (Lipinski definition) is 6. The lowest BCUT2D eigenvalue weighted by atomic mass is 9.99. The van der Waals surface area contributed by atoms with Gasteiger partial charge in [-0.25, -0.2) is 4.68 Å². The second kappa shape index (κ2) is 15.9. The summed E-state index contributed by atoms with van der Waals surface area (Å²) in [5.41, 5.74) is 1.91. The molecule has 1 saturated heterocycles. The monoisotopic (exact) mass is 570 g/mol. The number of carbonyl (C=O) groups is 1. The van der Waals surface area contributed by atoms with E-state index in [1.54, 1.807) is 41.4 Å². The van der Waals surface area contributed by atoms with E-state index in [4.69, 9.17) is 14.9 Å². The van der Waals surface area contributed by atoms with Gasteiger partial charge < -0.3 is 14.9 Å². The van der Waals surface area contributed by atoms with Crippen LogP contribution in [0.5, 0.6) is 0 Å². The van der Waals surface area contributed by atoms with Gasteiger partial charge in [-0.2, -0.15) is 18.3 Å². The van der Waals surface area contributed by atoms with Crippen LogP contribution in [0.1, 0.15) is 42.4 Å². The zero-order valence-electron chi connectivity index (χ0n) is 23.3. The van der Waals surface area contributed by atoms with Crippen molar-refractivity contribution in [1.29, 1.82) is 5.41 Å². The summed E-state index contributed by atoms with van der Waals surface area (Å²) in [7, 11) is 0. The van der Waals surface area contributed by atoms with Gasteiger partial charge in [0.05, 0.1) is 43.0 Å². The highest BCUT2D eigenvalue weighted by Gasteiger charge is 2.30. The summed E-state index contributed by atoms with van der Waals surface area (Å²) in [6.45, 7) is 10.7. The maximum absolute atomic E-state index is 12.9. The van der Waals surface area contributed by atoms with E-state index in [2.05, 4.69) is 16.6 Å². The fraction of sp³-hybridized carbons (Fsp3) is 0.387. The molecule has 41 heavy (non-hydrogen) atoms. The number of benzene rings is 1. The van der Waals surface area contributed by atoms with Crippen LogP contribution in [0, 0.1) is 5.41 Å². The SMILES string of the molecule is C=C(CC(C=N)c1cnn(C(=C/C=O)/C(C)=C\C=C\Cc2cccc(C(F)(F)F)c2)c1)OCCCN1CCOCC1. The standard InChI is InChI=1S/C31H37F3N4O3/c1-24(7-3-4-8-26-9-5-10-29(20-26)31(32,33)34)30(11-15-39)38-23-28(22-36-38)27(21-35)19-25(2)41-16-6-12-37-13-17-40-18-14-37/h3-5,7,9-11,15,20-23,27,35H,2,6,8,12-14,16-19H2,1H3/b4-3+,24-7-,30-11+,35-21?. The van der Waals surface area contributed by atoms with Crippen molar-refractivity contribution in [1.82, 2.24) is 14.7 Å². The molecule has 2 aromatic rings. The summed E-state index contributed by atoms with van der Waals surface area (Å²) in [4.78, 5) is 13.7. The largest absolute Gasteiger partial charge is 0.498 e. The molecular formula is C31H37F3N4O3. The summed E-state index contributed by atoms with van der Waals surface area (Å²) in [6, 6.07) is 5.22. The van der Waals surface area contributed by atoms with E-state index in [0.717, 1.165) is 62.5 Å². The molecule has 3 rings (SSSR count). The Labute approximate surface area is 239 Å². The van der Waals surface area contributed by atoms with Crippen LogP contribution in [0.4, 0.5) is 13.2 Å². The van der Waals surface area contributed by atoms with Gasteiger partial charge in [0.1, 0.15) is 6.29 Å². The first kappa shape index (κ1) is 31.8. The van der Waals surface area contributed by atoms with Crippen LogP contribution in [-0.4, -0.2) is 66.6 Å². The van der Waals surface area contributed by atoms with Gasteiger partial charge >= 0.3 is 6.18 Å². The normalized spacial score (nSPS) is 16.1. The Morgan fingerprint density at radius 1 is 1.27 bits per heavy atom. The number of hydrogen-bond donors (Lipinski definition) is 1. The molecule has 7 nitrogen and oxygen atoms in total. The summed E-state index contributed by atoms with van der Waals surface area (Å²) < 4.78 is 51.6. The third-order valence-electron chi connectivity index (χ3n) is 6.67. The van der Waals surface area contributed by atoms with Gasteiger partial charge in [-0.15, -0.1) is 0 Å². The molecule has 220 valence electrons. The molecule has 0 spiro atoms. The number of nitrogens with zero attached hydrogens (tertiary/aromatic N) is 3. The first-order valence-electron chi connectivity index (χ1n) is 13.5. The van der Waals surface area contributed by atoms with Crippen molar-refractivity contribution in [2.45, 2.75) is 38.3 Å². The maximum Gasteiger partial charge on any atom is 0.416 e. The summed E-state index contributed by atoms with van der Waals surface area (Å²) >= 11 is 0. The average Bonchev–Trinajstić information content (AvgIpc) is 3.45. The van der Waals surface area contributed by atoms with Crippen molar-refractivity contribution in [2.75, 3.05) is 39.5 Å². The third-order valence-corrected chi connectivity index (χ3v) is 6.67. The van der Waals surface area contributed by atoms with Crippen LogP contribution in [0.25, 0.3) is 5.70 Å². The zero-order valence-corrected chi connectivity index (χ0v) is 23.3. The van der Waals surface area contributed by atoms with Crippen molar-refractivity contribution in [3.63, 3.8) is 0 Å². The first-order chi connectivity index (χ1) is 19.7. The number of ether oxygens (including phenoxy) is 2. The van der Waals surface area contributed by atoms with E-state index in [0.29, 0.717) is 42.8 Å². The molecule has 0 radical (unpaired) electrons. The summed E-state index contributed by atoms with van der Waals surface area (Å²) in [5.74, 6) is 0.309. The predicted octanol–water partition coefficient (Wildman–Crippen LogP) is 6.06. The highest BCUT2D eigenvalue weighted by molar-refractivity contribution is 5.80. The number of halogens is 3. The van der Waals surface area contributed by atoms with Crippen molar-refractivity contribution < 1.29 is 27.4 Å². The topological polar surface area (TPSA) is 80.4 Å². The highest BCUT2D eigenvalue weighted by atomic mass is 19.4. The number of aldehydes is 1. The Morgan fingerprint density at radius 2 is 2.05 bits per heavy atom. The van der Waals surface area contributed by atoms with Crippen LogP contribution >= 0.6 is 0 Å². The van der Waals surface area contributed by atoms with Crippen molar-refractivity contribution in [3.05, 3.63) is 95.6 Å². The minimum atomic E-state index is -4.38. The number of allylic oxidation sites excluding steroid dienone is 7. The molecular weight excluding hydrogens is 533 g/mol. The molecule has 1 aromatic carbocycles. The fourth-order valence-electron chi connectivity index (χ4n) is 4.40. The molecule has 0 bridgehead atoms. The number of carbonyl (C=O) groups excluding carboxylic acids is 1. The summed E-state index contributed by atoms with van der Waals surface area (Å²) in [6.07, 6.45) is 9.32. The van der Waals surface area contributed by atoms with E-state index in [1.165, 1.54) is 18.4 Å². The number of nitrogens with one attached hydrogen (secondary N) is 1. The van der Waals surface area contributed by atoms with Gasteiger partial charge in [0.2, 0.25) is 0 Å². The maximum atomic E-state index is 12.9. The number of alkyl halides is 3. The molecule has 1 N–H and O–H groups in total. The Bertz CT molecular complexity index is 1260. The molecule has 1 aliphatic heterocycles. The number of rotatable bonds is 15. The second-order valence-corrected chi connectivity index (χ2v) is 9.76. The predicted molar refractivity (Wildman–Crippen MR) is 154 cm³/mol. The van der Waals surface area contributed by atoms with Crippen LogP contribution < -0.4 is 0 Å². The lowest BCUT2D eigenvalue weighted by molar-refractivity contribution is -0.137. The molecule has 1 atom stereocenters. The minimum absolute atomic E-state index is 0.287. The van der Waals surface area contributed by atoms with E-state index in [-0.39, 0.29) is 5.92 Å². The van der Waals surface area contributed by atoms with Gasteiger partial charge in [0.15, 0.2) is 0 Å². The molecule has 0 aliphatic carbocycles. The van der Waals surface area contributed by atoms with Gasteiger partial charge in [-0.3, -0.25) is 9.69 Å². The lowest BCUT2D eigenvalue weighted by Gasteiger charge is -2.26. The van der Waals surface area contributed by atoms with Crippen molar-refractivity contribution in [2.24, 2.45) is 0 Å². The minimum Gasteiger partial charge on any atom is -0.498 e. The van der Waals surface area contributed by atoms with Gasteiger partial charge in [0, 0.05) is 50.5 Å².